The summed E-state index contributed by atoms with van der Waals surface area (Å²) in [6, 6.07) is 71.5. The van der Waals surface area contributed by atoms with Gasteiger partial charge in [0, 0.05) is 29.1 Å². The number of hydrogen-bond donors (Lipinski definition) is 0. The summed E-state index contributed by atoms with van der Waals surface area (Å²) in [6.45, 7) is 0. The number of pyridine rings is 1. The summed E-state index contributed by atoms with van der Waals surface area (Å²) in [5, 5.41) is 0. The topological polar surface area (TPSA) is 38.7 Å². The van der Waals surface area contributed by atoms with Crippen molar-refractivity contribution in [1.29, 1.82) is 0 Å². The van der Waals surface area contributed by atoms with E-state index in [2.05, 4.69) is 169 Å². The van der Waals surface area contributed by atoms with Crippen LogP contribution in [0.15, 0.2) is 213 Å². The van der Waals surface area contributed by atoms with Gasteiger partial charge in [0.15, 0.2) is 5.82 Å². The predicted molar refractivity (Wildman–Crippen MR) is 224 cm³/mol. The summed E-state index contributed by atoms with van der Waals surface area (Å²) in [6.07, 6.45) is 3.73. The van der Waals surface area contributed by atoms with E-state index in [0.29, 0.717) is 5.82 Å². The van der Waals surface area contributed by atoms with Gasteiger partial charge in [-0.1, -0.05) is 170 Å². The van der Waals surface area contributed by atoms with E-state index in [9.17, 15) is 0 Å². The van der Waals surface area contributed by atoms with Gasteiger partial charge >= 0.3 is 0 Å². The van der Waals surface area contributed by atoms with Gasteiger partial charge in [-0.05, 0) is 86.0 Å². The fraction of sp³-hybridized carbons (Fsp3) is 0.0192. The van der Waals surface area contributed by atoms with Crippen LogP contribution < -0.4 is 0 Å². The Morgan fingerprint density at radius 1 is 0.309 bits per heavy atom. The molecule has 1 aliphatic rings. The number of fused-ring (bicyclic) bond motifs is 3. The fourth-order valence-corrected chi connectivity index (χ4v) is 8.29. The molecule has 0 spiro atoms. The molecule has 3 nitrogen and oxygen atoms in total. The average molecular weight is 702 g/mol. The van der Waals surface area contributed by atoms with Crippen LogP contribution in [0.1, 0.15) is 22.3 Å². The van der Waals surface area contributed by atoms with Crippen molar-refractivity contribution in [2.24, 2.45) is 0 Å². The molecule has 9 aromatic rings. The lowest BCUT2D eigenvalue weighted by atomic mass is 9.67. The van der Waals surface area contributed by atoms with E-state index in [0.717, 1.165) is 39.2 Å². The molecular formula is C52H35N3. The van der Waals surface area contributed by atoms with Crippen LogP contribution in [-0.4, -0.2) is 15.0 Å². The van der Waals surface area contributed by atoms with E-state index in [1.165, 1.54) is 44.5 Å². The van der Waals surface area contributed by atoms with Gasteiger partial charge in [-0.25, -0.2) is 9.97 Å². The third-order valence-corrected chi connectivity index (χ3v) is 10.9. The van der Waals surface area contributed by atoms with Gasteiger partial charge in [-0.3, -0.25) is 4.98 Å². The Kier molecular flexibility index (Phi) is 8.04. The molecule has 0 atom stereocenters. The van der Waals surface area contributed by atoms with E-state index in [-0.39, 0.29) is 0 Å². The van der Waals surface area contributed by atoms with Gasteiger partial charge in [0.25, 0.3) is 0 Å². The highest BCUT2D eigenvalue weighted by Gasteiger charge is 2.46. The Labute approximate surface area is 321 Å². The molecular weight excluding hydrogens is 667 g/mol. The van der Waals surface area contributed by atoms with Crippen LogP contribution in [0.3, 0.4) is 0 Å². The molecule has 0 bridgehead atoms. The molecule has 0 amide bonds. The number of aromatic nitrogens is 3. The Balaban J connectivity index is 1.11. The molecule has 0 saturated heterocycles. The first kappa shape index (κ1) is 32.4. The summed E-state index contributed by atoms with van der Waals surface area (Å²) >= 11 is 0. The van der Waals surface area contributed by atoms with E-state index in [1.54, 1.807) is 0 Å². The molecule has 2 heterocycles. The number of nitrogens with zero attached hydrogens (tertiary/aromatic N) is 3. The van der Waals surface area contributed by atoms with E-state index in [4.69, 9.17) is 9.97 Å². The zero-order chi connectivity index (χ0) is 36.6. The summed E-state index contributed by atoms with van der Waals surface area (Å²) in [5.41, 5.74) is 16.6. The monoisotopic (exact) mass is 701 g/mol. The second-order valence-electron chi connectivity index (χ2n) is 14.0. The summed E-state index contributed by atoms with van der Waals surface area (Å²) < 4.78 is 0. The maximum absolute atomic E-state index is 5.07. The van der Waals surface area contributed by atoms with Crippen molar-refractivity contribution < 1.29 is 0 Å². The molecule has 2 aromatic heterocycles. The van der Waals surface area contributed by atoms with Crippen LogP contribution >= 0.6 is 0 Å². The molecule has 0 aliphatic heterocycles. The fourth-order valence-electron chi connectivity index (χ4n) is 8.29. The molecule has 0 unspecified atom stereocenters. The van der Waals surface area contributed by atoms with Crippen molar-refractivity contribution in [2.75, 3.05) is 0 Å². The third kappa shape index (κ3) is 5.65. The summed E-state index contributed by atoms with van der Waals surface area (Å²) in [5.74, 6) is 0.712. The van der Waals surface area contributed by atoms with Crippen molar-refractivity contribution in [2.45, 2.75) is 5.41 Å². The summed E-state index contributed by atoms with van der Waals surface area (Å²) in [7, 11) is 0. The van der Waals surface area contributed by atoms with Crippen LogP contribution in [0.2, 0.25) is 0 Å². The maximum Gasteiger partial charge on any atom is 0.160 e. The van der Waals surface area contributed by atoms with Crippen molar-refractivity contribution >= 4 is 0 Å². The molecule has 3 heteroatoms. The smallest absolute Gasteiger partial charge is 0.160 e. The largest absolute Gasteiger partial charge is 0.265 e. The predicted octanol–water partition coefficient (Wildman–Crippen LogP) is 12.6. The number of benzene rings is 7. The molecule has 0 radical (unpaired) electrons. The van der Waals surface area contributed by atoms with Gasteiger partial charge in [0.05, 0.1) is 16.8 Å². The highest BCUT2D eigenvalue weighted by Crippen LogP contribution is 2.57. The molecule has 0 saturated carbocycles. The highest BCUT2D eigenvalue weighted by molar-refractivity contribution is 5.90. The lowest BCUT2D eigenvalue weighted by Gasteiger charge is -2.34. The lowest BCUT2D eigenvalue weighted by molar-refractivity contribution is 0.769. The Hall–Kier alpha value is -7.23. The molecule has 7 aromatic carbocycles. The van der Waals surface area contributed by atoms with Crippen LogP contribution in [0.4, 0.5) is 0 Å². The second-order valence-corrected chi connectivity index (χ2v) is 14.0. The van der Waals surface area contributed by atoms with Gasteiger partial charge in [-0.15, -0.1) is 0 Å². The number of rotatable bonds is 7. The molecule has 0 fully saturated rings. The Bertz CT molecular complexity index is 2670. The van der Waals surface area contributed by atoms with Crippen molar-refractivity contribution in [3.8, 4) is 67.3 Å². The first-order valence-corrected chi connectivity index (χ1v) is 18.7. The first-order valence-electron chi connectivity index (χ1n) is 18.7. The van der Waals surface area contributed by atoms with Gasteiger partial charge in [0.1, 0.15) is 0 Å². The quantitative estimate of drug-likeness (QED) is 0.166. The van der Waals surface area contributed by atoms with Crippen LogP contribution in [0, 0.1) is 0 Å². The van der Waals surface area contributed by atoms with Crippen molar-refractivity contribution in [3.63, 3.8) is 0 Å². The lowest BCUT2D eigenvalue weighted by Crippen LogP contribution is -2.28. The van der Waals surface area contributed by atoms with E-state index < -0.39 is 5.41 Å². The standard InChI is InChI=1S/C52H35N3/c1-5-13-38(14-6-1)49-35-50(55-51(54-49)40-15-7-2-8-16-40)39-23-21-36(22-24-39)41-25-27-45-46-28-26-42(37-29-31-53-32-30-37)34-48(46)52(47(45)33-41,43-17-9-3-10-18-43)44-19-11-4-12-20-44/h1-35H. The van der Waals surface area contributed by atoms with Crippen molar-refractivity contribution in [1.82, 2.24) is 15.0 Å². The molecule has 55 heavy (non-hydrogen) atoms. The number of hydrogen-bond acceptors (Lipinski definition) is 3. The second kappa shape index (κ2) is 13.6. The zero-order valence-corrected chi connectivity index (χ0v) is 30.0. The molecule has 10 rings (SSSR count). The van der Waals surface area contributed by atoms with E-state index >= 15 is 0 Å². The molecule has 0 N–H and O–H groups in total. The van der Waals surface area contributed by atoms with Crippen LogP contribution in [0.5, 0.6) is 0 Å². The summed E-state index contributed by atoms with van der Waals surface area (Å²) in [4.78, 5) is 14.3. The first-order chi connectivity index (χ1) is 27.3. The van der Waals surface area contributed by atoms with E-state index in [1.807, 2.05) is 48.8 Å². The minimum absolute atomic E-state index is 0.519. The Morgan fingerprint density at radius 3 is 1.22 bits per heavy atom. The van der Waals surface area contributed by atoms with Gasteiger partial charge < -0.3 is 0 Å². The van der Waals surface area contributed by atoms with Crippen molar-refractivity contribution in [3.05, 3.63) is 235 Å². The minimum Gasteiger partial charge on any atom is -0.265 e. The Morgan fingerprint density at radius 2 is 0.709 bits per heavy atom. The third-order valence-electron chi connectivity index (χ3n) is 10.9. The molecule has 1 aliphatic carbocycles. The molecule has 258 valence electrons. The van der Waals surface area contributed by atoms with Crippen LogP contribution in [-0.2, 0) is 5.41 Å². The van der Waals surface area contributed by atoms with Gasteiger partial charge in [-0.2, -0.15) is 0 Å². The SMILES string of the molecule is c1ccc(-c2cc(-c3ccc(-c4ccc5c(c4)C(c4ccccc4)(c4ccccc4)c4cc(-c6ccncc6)ccc4-5)cc3)nc(-c3ccccc3)n2)cc1. The normalized spacial score (nSPS) is 12.5. The maximum atomic E-state index is 5.07. The minimum atomic E-state index is -0.519. The average Bonchev–Trinajstić information content (AvgIpc) is 3.57. The van der Waals surface area contributed by atoms with Gasteiger partial charge in [0.2, 0.25) is 0 Å². The van der Waals surface area contributed by atoms with Crippen LogP contribution in [0.25, 0.3) is 67.3 Å². The zero-order valence-electron chi connectivity index (χ0n) is 30.0. The highest BCUT2D eigenvalue weighted by atomic mass is 14.9.